The normalized spacial score (nSPS) is 10.2. The van der Waals surface area contributed by atoms with Crippen LogP contribution in [0.3, 0.4) is 0 Å². The van der Waals surface area contributed by atoms with Crippen LogP contribution in [0.2, 0.25) is 5.02 Å². The summed E-state index contributed by atoms with van der Waals surface area (Å²) < 4.78 is 1.78. The molecule has 1 aromatic carbocycles. The summed E-state index contributed by atoms with van der Waals surface area (Å²) in [5, 5.41) is 9.39. The van der Waals surface area contributed by atoms with Gasteiger partial charge in [0.2, 0.25) is 0 Å². The summed E-state index contributed by atoms with van der Waals surface area (Å²) in [5.74, 6) is 0. The lowest BCUT2D eigenvalue weighted by Crippen LogP contribution is -1.85. The molecule has 0 aliphatic carbocycles. The van der Waals surface area contributed by atoms with E-state index in [9.17, 15) is 0 Å². The average Bonchev–Trinajstić information content (AvgIpc) is 1.97. The molecule has 1 nitrogen and oxygen atoms in total. The van der Waals surface area contributed by atoms with Crippen LogP contribution in [0.25, 0.3) is 0 Å². The minimum atomic E-state index is -0.0370. The lowest BCUT2D eigenvalue weighted by atomic mass is 10.2. The third-order valence-electron chi connectivity index (χ3n) is 1.26. The van der Waals surface area contributed by atoms with E-state index in [1.807, 2.05) is 0 Å². The first kappa shape index (κ1) is 9.52. The Labute approximate surface area is 86.6 Å². The monoisotopic (exact) mass is 298 g/mol. The average molecular weight is 300 g/mol. The van der Waals surface area contributed by atoms with Gasteiger partial charge in [-0.1, -0.05) is 11.6 Å². The molecular weight excluding hydrogens is 295 g/mol. The molecule has 4 heteroatoms. The first-order valence-electron chi connectivity index (χ1n) is 2.89. The number of aliphatic hydroxyl groups excluding tert-OH is 1. The highest BCUT2D eigenvalue weighted by Gasteiger charge is 2.03. The van der Waals surface area contributed by atoms with Gasteiger partial charge in [0.05, 0.1) is 6.61 Å². The molecule has 0 saturated carbocycles. The molecule has 1 aromatic rings. The van der Waals surface area contributed by atoms with Crippen LogP contribution < -0.4 is 0 Å². The zero-order valence-electron chi connectivity index (χ0n) is 5.44. The number of benzene rings is 1. The van der Waals surface area contributed by atoms with Crippen LogP contribution in [-0.4, -0.2) is 5.11 Å². The zero-order valence-corrected chi connectivity index (χ0v) is 9.37. The largest absolute Gasteiger partial charge is 0.392 e. The van der Waals surface area contributed by atoms with Crippen molar-refractivity contribution in [2.75, 3.05) is 0 Å². The summed E-state index contributed by atoms with van der Waals surface area (Å²) in [5.41, 5.74) is 0.724. The molecule has 0 heterocycles. The van der Waals surface area contributed by atoms with E-state index in [0.717, 1.165) is 14.5 Å². The van der Waals surface area contributed by atoms with Crippen molar-refractivity contribution in [1.82, 2.24) is 0 Å². The molecule has 0 aromatic heterocycles. The van der Waals surface area contributed by atoms with Crippen molar-refractivity contribution in [3.63, 3.8) is 0 Å². The second-order valence-electron chi connectivity index (χ2n) is 2.02. The van der Waals surface area contributed by atoms with Gasteiger partial charge in [0.1, 0.15) is 0 Å². The van der Waals surface area contributed by atoms with Crippen molar-refractivity contribution >= 4 is 43.5 Å². The third kappa shape index (κ3) is 2.18. The molecule has 0 spiro atoms. The third-order valence-corrected chi connectivity index (χ3v) is 3.46. The summed E-state index contributed by atoms with van der Waals surface area (Å²) in [7, 11) is 0. The number of halogens is 3. The van der Waals surface area contributed by atoms with Crippen LogP contribution in [0.15, 0.2) is 21.1 Å². The predicted octanol–water partition coefficient (Wildman–Crippen LogP) is 3.36. The Hall–Kier alpha value is 0.430. The van der Waals surface area contributed by atoms with Crippen molar-refractivity contribution in [3.05, 3.63) is 31.7 Å². The summed E-state index contributed by atoms with van der Waals surface area (Å²) in [6, 6.07) is 3.53. The molecule has 0 saturated heterocycles. The van der Waals surface area contributed by atoms with Crippen molar-refractivity contribution in [2.45, 2.75) is 6.61 Å². The van der Waals surface area contributed by atoms with Crippen LogP contribution >= 0.6 is 43.5 Å². The Morgan fingerprint density at radius 1 is 1.27 bits per heavy atom. The molecular formula is C7H5Br2ClO. The highest BCUT2D eigenvalue weighted by atomic mass is 79.9. The van der Waals surface area contributed by atoms with E-state index >= 15 is 0 Å². The maximum absolute atomic E-state index is 8.81. The highest BCUT2D eigenvalue weighted by Crippen LogP contribution is 2.29. The van der Waals surface area contributed by atoms with Gasteiger partial charge < -0.3 is 5.11 Å². The molecule has 0 amide bonds. The molecule has 0 fully saturated rings. The van der Waals surface area contributed by atoms with Crippen molar-refractivity contribution in [2.24, 2.45) is 0 Å². The van der Waals surface area contributed by atoms with Gasteiger partial charge >= 0.3 is 0 Å². The SMILES string of the molecule is OCc1cc(Br)c(Br)cc1Cl. The van der Waals surface area contributed by atoms with E-state index in [1.165, 1.54) is 0 Å². The number of aliphatic hydroxyl groups is 1. The Bertz CT molecular complexity index is 275. The molecule has 0 aliphatic rings. The fourth-order valence-corrected chi connectivity index (χ4v) is 1.77. The number of rotatable bonds is 1. The standard InChI is InChI=1S/C7H5Br2ClO/c8-5-1-4(3-11)7(10)2-6(5)9/h1-2,11H,3H2. The summed E-state index contributed by atoms with van der Waals surface area (Å²) in [6.07, 6.45) is 0. The molecule has 11 heavy (non-hydrogen) atoms. The van der Waals surface area contributed by atoms with Gasteiger partial charge in [-0.15, -0.1) is 0 Å². The first-order chi connectivity index (χ1) is 5.15. The topological polar surface area (TPSA) is 20.2 Å². The fraction of sp³-hybridized carbons (Fsp3) is 0.143. The fourth-order valence-electron chi connectivity index (χ4n) is 0.685. The van der Waals surface area contributed by atoms with Gasteiger partial charge in [-0.2, -0.15) is 0 Å². The van der Waals surface area contributed by atoms with Gasteiger partial charge in [0, 0.05) is 14.0 Å². The van der Waals surface area contributed by atoms with E-state index in [2.05, 4.69) is 31.9 Å². The smallest absolute Gasteiger partial charge is 0.0696 e. The Kier molecular flexibility index (Phi) is 3.37. The van der Waals surface area contributed by atoms with Gasteiger partial charge in [-0.05, 0) is 49.6 Å². The van der Waals surface area contributed by atoms with Crippen molar-refractivity contribution in [1.29, 1.82) is 0 Å². The van der Waals surface area contributed by atoms with E-state index in [0.29, 0.717) is 5.02 Å². The lowest BCUT2D eigenvalue weighted by Gasteiger charge is -2.02. The molecule has 1 rings (SSSR count). The van der Waals surface area contributed by atoms with E-state index in [4.69, 9.17) is 16.7 Å². The zero-order chi connectivity index (χ0) is 8.43. The number of hydrogen-bond donors (Lipinski definition) is 1. The quantitative estimate of drug-likeness (QED) is 0.789. The first-order valence-corrected chi connectivity index (χ1v) is 4.86. The maximum atomic E-state index is 8.81. The summed E-state index contributed by atoms with van der Waals surface area (Å²) >= 11 is 12.4. The highest BCUT2D eigenvalue weighted by molar-refractivity contribution is 9.13. The maximum Gasteiger partial charge on any atom is 0.0696 e. The molecule has 60 valence electrons. The molecule has 0 aliphatic heterocycles. The summed E-state index contributed by atoms with van der Waals surface area (Å²) in [4.78, 5) is 0. The van der Waals surface area contributed by atoms with E-state index < -0.39 is 0 Å². The molecule has 0 unspecified atom stereocenters. The Morgan fingerprint density at radius 3 is 2.36 bits per heavy atom. The number of hydrogen-bond acceptors (Lipinski definition) is 1. The molecule has 1 N–H and O–H groups in total. The minimum Gasteiger partial charge on any atom is -0.392 e. The molecule has 0 atom stereocenters. The second-order valence-corrected chi connectivity index (χ2v) is 4.13. The van der Waals surface area contributed by atoms with Gasteiger partial charge in [0.15, 0.2) is 0 Å². The minimum absolute atomic E-state index is 0.0370. The van der Waals surface area contributed by atoms with Crippen LogP contribution in [0, 0.1) is 0 Å². The van der Waals surface area contributed by atoms with Crippen LogP contribution in [0.4, 0.5) is 0 Å². The van der Waals surface area contributed by atoms with E-state index in [1.54, 1.807) is 12.1 Å². The van der Waals surface area contributed by atoms with Gasteiger partial charge in [-0.25, -0.2) is 0 Å². The molecule has 0 bridgehead atoms. The Balaban J connectivity index is 3.21. The molecule has 0 radical (unpaired) electrons. The summed E-state index contributed by atoms with van der Waals surface area (Å²) in [6.45, 7) is -0.0370. The Morgan fingerprint density at radius 2 is 1.82 bits per heavy atom. The van der Waals surface area contributed by atoms with Gasteiger partial charge in [-0.3, -0.25) is 0 Å². The van der Waals surface area contributed by atoms with Crippen molar-refractivity contribution < 1.29 is 5.11 Å². The predicted molar refractivity (Wildman–Crippen MR) is 52.8 cm³/mol. The van der Waals surface area contributed by atoms with Crippen LogP contribution in [0.5, 0.6) is 0 Å². The van der Waals surface area contributed by atoms with Crippen LogP contribution in [0.1, 0.15) is 5.56 Å². The van der Waals surface area contributed by atoms with Crippen molar-refractivity contribution in [3.8, 4) is 0 Å². The second kappa shape index (κ2) is 3.90. The van der Waals surface area contributed by atoms with Crippen LogP contribution in [-0.2, 0) is 6.61 Å². The lowest BCUT2D eigenvalue weighted by molar-refractivity contribution is 0.282. The van der Waals surface area contributed by atoms with Gasteiger partial charge in [0.25, 0.3) is 0 Å². The van der Waals surface area contributed by atoms with E-state index in [-0.39, 0.29) is 6.61 Å².